The van der Waals surface area contributed by atoms with Gasteiger partial charge in [-0.25, -0.2) is 19.3 Å². The third kappa shape index (κ3) is 3.14. The molecule has 6 rings (SSSR count). The molecule has 4 heterocycles. The summed E-state index contributed by atoms with van der Waals surface area (Å²) in [4.78, 5) is 15.6. The van der Waals surface area contributed by atoms with Crippen molar-refractivity contribution in [1.29, 1.82) is 0 Å². The Kier molecular flexibility index (Phi) is 4.93. The summed E-state index contributed by atoms with van der Waals surface area (Å²) in [5.41, 5.74) is 15.4. The van der Waals surface area contributed by atoms with E-state index in [2.05, 4.69) is 25.1 Å². The molecule has 1 saturated heterocycles. The number of piperidine rings is 1. The van der Waals surface area contributed by atoms with Crippen molar-refractivity contribution in [3.05, 3.63) is 70.4 Å². The third-order valence-electron chi connectivity index (χ3n) is 7.55. The lowest BCUT2D eigenvalue weighted by Gasteiger charge is -2.26. The van der Waals surface area contributed by atoms with Crippen molar-refractivity contribution in [3.63, 3.8) is 0 Å². The normalized spacial score (nSPS) is 23.8. The molecule has 0 amide bonds. The van der Waals surface area contributed by atoms with Gasteiger partial charge in [0.05, 0.1) is 16.9 Å². The molecule has 1 aromatic carbocycles. The van der Waals surface area contributed by atoms with Gasteiger partial charge < -0.3 is 16.4 Å². The van der Waals surface area contributed by atoms with Crippen molar-refractivity contribution in [2.24, 2.45) is 17.6 Å². The summed E-state index contributed by atoms with van der Waals surface area (Å²) in [6.45, 7) is 2.02. The maximum Gasteiger partial charge on any atom is 0.201 e. The zero-order valence-electron chi connectivity index (χ0n) is 18.4. The summed E-state index contributed by atoms with van der Waals surface area (Å²) >= 11 is 6.30. The molecule has 0 spiro atoms. The maximum absolute atomic E-state index is 14.6. The number of nitrogens with two attached hydrogens (primary N) is 2. The van der Waals surface area contributed by atoms with E-state index in [0.717, 1.165) is 42.1 Å². The molecule has 2 aliphatic rings. The molecular formula is C24H24ClFN8. The number of benzene rings is 1. The zero-order valence-corrected chi connectivity index (χ0v) is 19.1. The summed E-state index contributed by atoms with van der Waals surface area (Å²) in [7, 11) is 0. The first-order chi connectivity index (χ1) is 16.5. The van der Waals surface area contributed by atoms with Gasteiger partial charge >= 0.3 is 0 Å². The van der Waals surface area contributed by atoms with Gasteiger partial charge in [0, 0.05) is 37.7 Å². The molecule has 1 aliphatic carbocycles. The van der Waals surface area contributed by atoms with E-state index >= 15 is 0 Å². The lowest BCUT2D eigenvalue weighted by atomic mass is 9.91. The Bertz CT molecular complexity index is 1390. The Morgan fingerprint density at radius 1 is 1.21 bits per heavy atom. The number of H-pyrrole nitrogens is 1. The summed E-state index contributed by atoms with van der Waals surface area (Å²) in [6, 6.07) is 8.84. The standard InChI is InChI=1S/C24H24ClFN8/c25-20-13(5-7-29-22(20)28)9-18-21-23(33-32-18)31-19(10-30-21)34-8-6-14-16(11-34)24(14,12-27)15-3-1-2-4-17(15)26/h1-5,7,10,14,16H,6,8-9,11-12,27H2,(H2,28,29)(H,31,32,33)/t14?,16?,24-/m1/s1. The molecule has 0 radical (unpaired) electrons. The molecular weight excluding hydrogens is 455 g/mol. The Labute approximate surface area is 200 Å². The van der Waals surface area contributed by atoms with Crippen molar-refractivity contribution < 1.29 is 4.39 Å². The second-order valence-corrected chi connectivity index (χ2v) is 9.50. The van der Waals surface area contributed by atoms with E-state index in [4.69, 9.17) is 28.1 Å². The Balaban J connectivity index is 1.25. The van der Waals surface area contributed by atoms with E-state index in [9.17, 15) is 4.39 Å². The van der Waals surface area contributed by atoms with Crippen LogP contribution in [-0.4, -0.2) is 44.8 Å². The number of nitrogen functional groups attached to an aromatic ring is 1. The molecule has 1 saturated carbocycles. The van der Waals surface area contributed by atoms with Crippen LogP contribution in [0.2, 0.25) is 5.02 Å². The van der Waals surface area contributed by atoms with Crippen LogP contribution in [0.4, 0.5) is 16.0 Å². The molecule has 3 atom stereocenters. The first kappa shape index (κ1) is 21.2. The van der Waals surface area contributed by atoms with Crippen LogP contribution in [0, 0.1) is 17.7 Å². The monoisotopic (exact) mass is 478 g/mol. The predicted octanol–water partition coefficient (Wildman–Crippen LogP) is 3.07. The van der Waals surface area contributed by atoms with Gasteiger partial charge in [0.2, 0.25) is 5.65 Å². The smallest absolute Gasteiger partial charge is 0.201 e. The molecule has 0 bridgehead atoms. The molecule has 10 heteroatoms. The Hall–Kier alpha value is -3.30. The summed E-state index contributed by atoms with van der Waals surface area (Å²) in [5.74, 6) is 1.56. The first-order valence-electron chi connectivity index (χ1n) is 11.3. The number of pyridine rings is 1. The van der Waals surface area contributed by atoms with Crippen molar-refractivity contribution >= 4 is 34.4 Å². The van der Waals surface area contributed by atoms with Crippen molar-refractivity contribution in [2.75, 3.05) is 30.3 Å². The molecule has 3 aromatic heterocycles. The zero-order chi connectivity index (χ0) is 23.4. The average Bonchev–Trinajstić information content (AvgIpc) is 3.34. The minimum absolute atomic E-state index is 0.171. The molecule has 8 nitrogen and oxygen atoms in total. The van der Waals surface area contributed by atoms with E-state index in [1.807, 2.05) is 18.2 Å². The molecule has 2 unspecified atom stereocenters. The van der Waals surface area contributed by atoms with Gasteiger partial charge in [-0.05, 0) is 41.5 Å². The minimum atomic E-state index is -0.303. The second kappa shape index (κ2) is 7.89. The molecule has 5 N–H and O–H groups in total. The number of nitrogens with one attached hydrogen (secondary N) is 1. The van der Waals surface area contributed by atoms with Crippen LogP contribution < -0.4 is 16.4 Å². The fourth-order valence-electron chi connectivity index (χ4n) is 5.78. The van der Waals surface area contributed by atoms with Gasteiger partial charge in [-0.3, -0.25) is 5.10 Å². The third-order valence-corrected chi connectivity index (χ3v) is 7.99. The summed E-state index contributed by atoms with van der Waals surface area (Å²) in [6.07, 6.45) is 4.83. The van der Waals surface area contributed by atoms with Crippen molar-refractivity contribution in [1.82, 2.24) is 25.1 Å². The molecule has 1 aliphatic heterocycles. The van der Waals surface area contributed by atoms with E-state index in [1.54, 1.807) is 18.5 Å². The number of hydrogen-bond donors (Lipinski definition) is 3. The second-order valence-electron chi connectivity index (χ2n) is 9.12. The fourth-order valence-corrected chi connectivity index (χ4v) is 5.95. The van der Waals surface area contributed by atoms with Crippen LogP contribution in [0.1, 0.15) is 23.2 Å². The molecule has 4 aromatic rings. The average molecular weight is 479 g/mol. The quantitative estimate of drug-likeness (QED) is 0.403. The van der Waals surface area contributed by atoms with E-state index < -0.39 is 0 Å². The van der Waals surface area contributed by atoms with Crippen LogP contribution in [0.25, 0.3) is 11.2 Å². The topological polar surface area (TPSA) is 123 Å². The van der Waals surface area contributed by atoms with Gasteiger partial charge in [-0.2, -0.15) is 5.10 Å². The number of rotatable bonds is 5. The molecule has 2 fully saturated rings. The largest absolute Gasteiger partial charge is 0.382 e. The lowest BCUT2D eigenvalue weighted by Crippen LogP contribution is -2.32. The van der Waals surface area contributed by atoms with Gasteiger partial charge in [0.1, 0.15) is 23.0 Å². The van der Waals surface area contributed by atoms with Crippen LogP contribution in [0.15, 0.2) is 42.7 Å². The maximum atomic E-state index is 14.6. The van der Waals surface area contributed by atoms with Gasteiger partial charge in [0.25, 0.3) is 0 Å². The highest BCUT2D eigenvalue weighted by Crippen LogP contribution is 2.63. The lowest BCUT2D eigenvalue weighted by molar-refractivity contribution is 0.533. The van der Waals surface area contributed by atoms with Gasteiger partial charge in [0.15, 0.2) is 0 Å². The number of halogens is 2. The predicted molar refractivity (Wildman–Crippen MR) is 129 cm³/mol. The number of aromatic amines is 1. The van der Waals surface area contributed by atoms with Crippen molar-refractivity contribution in [3.8, 4) is 0 Å². The van der Waals surface area contributed by atoms with Crippen LogP contribution in [0.5, 0.6) is 0 Å². The number of hydrogen-bond acceptors (Lipinski definition) is 7. The Morgan fingerprint density at radius 3 is 2.88 bits per heavy atom. The van der Waals surface area contributed by atoms with Gasteiger partial charge in [-0.1, -0.05) is 29.8 Å². The highest BCUT2D eigenvalue weighted by atomic mass is 35.5. The minimum Gasteiger partial charge on any atom is -0.382 e. The number of anilines is 2. The summed E-state index contributed by atoms with van der Waals surface area (Å²) in [5, 5.41) is 7.84. The Morgan fingerprint density at radius 2 is 2.06 bits per heavy atom. The molecule has 34 heavy (non-hydrogen) atoms. The van der Waals surface area contributed by atoms with Crippen molar-refractivity contribution in [2.45, 2.75) is 18.3 Å². The van der Waals surface area contributed by atoms with E-state index in [0.29, 0.717) is 40.9 Å². The SMILES string of the molecule is NC[C@]1(c2ccccc2F)C2CCN(c3cnc4c(Cc5ccnc(N)c5Cl)[nH]nc4n3)CC21. The summed E-state index contributed by atoms with van der Waals surface area (Å²) < 4.78 is 14.6. The number of aromatic nitrogens is 5. The highest BCUT2D eigenvalue weighted by Gasteiger charge is 2.66. The number of nitrogens with zero attached hydrogens (tertiary/aromatic N) is 5. The van der Waals surface area contributed by atoms with E-state index in [-0.39, 0.29) is 17.2 Å². The van der Waals surface area contributed by atoms with Gasteiger partial charge in [-0.15, -0.1) is 0 Å². The fraction of sp³-hybridized carbons (Fsp3) is 0.333. The molecule has 174 valence electrons. The highest BCUT2D eigenvalue weighted by molar-refractivity contribution is 6.33. The van der Waals surface area contributed by atoms with E-state index in [1.165, 1.54) is 6.07 Å². The van der Waals surface area contributed by atoms with Crippen LogP contribution >= 0.6 is 11.6 Å². The first-order valence-corrected chi connectivity index (χ1v) is 11.7. The van der Waals surface area contributed by atoms with Crippen LogP contribution in [-0.2, 0) is 11.8 Å². The number of fused-ring (bicyclic) bond motifs is 2. The van der Waals surface area contributed by atoms with Crippen LogP contribution in [0.3, 0.4) is 0 Å².